The Balaban J connectivity index is 1.11. The van der Waals surface area contributed by atoms with E-state index in [9.17, 15) is 0 Å². The van der Waals surface area contributed by atoms with Gasteiger partial charge < -0.3 is 9.47 Å². The van der Waals surface area contributed by atoms with Crippen molar-refractivity contribution in [2.75, 3.05) is 14.2 Å². The average Bonchev–Trinajstić information content (AvgIpc) is 3.29. The molecule has 0 bridgehead atoms. The van der Waals surface area contributed by atoms with Crippen LogP contribution in [-0.4, -0.2) is 14.2 Å². The Bertz CT molecular complexity index is 2480. The highest BCUT2D eigenvalue weighted by Gasteiger charge is 2.11. The van der Waals surface area contributed by atoms with Gasteiger partial charge in [0.25, 0.3) is 0 Å². The molecule has 2 nitrogen and oxygen atoms in total. The van der Waals surface area contributed by atoms with Gasteiger partial charge in [0.15, 0.2) is 0 Å². The van der Waals surface area contributed by atoms with Gasteiger partial charge in [-0.1, -0.05) is 194 Å². The second-order valence-corrected chi connectivity index (χ2v) is 14.1. The molecule has 280 valence electrons. The van der Waals surface area contributed by atoms with Crippen molar-refractivity contribution in [3.8, 4) is 11.5 Å². The molecule has 0 spiro atoms. The number of fused-ring (bicyclic) bond motifs is 1. The van der Waals surface area contributed by atoms with Gasteiger partial charge in [0.1, 0.15) is 11.5 Å². The highest BCUT2D eigenvalue weighted by atomic mass is 16.5. The first-order chi connectivity index (χ1) is 28.6. The molecule has 0 aliphatic heterocycles. The second-order valence-electron chi connectivity index (χ2n) is 14.1. The Hall–Kier alpha value is -7.42. The lowest BCUT2D eigenvalue weighted by Gasteiger charge is -2.12. The molecular formula is C56H44O2. The third kappa shape index (κ3) is 8.83. The summed E-state index contributed by atoms with van der Waals surface area (Å²) in [6, 6.07) is 67.8. The van der Waals surface area contributed by atoms with Gasteiger partial charge in [-0.3, -0.25) is 0 Å². The van der Waals surface area contributed by atoms with Crippen LogP contribution < -0.4 is 9.47 Å². The molecule has 58 heavy (non-hydrogen) atoms. The highest BCUT2D eigenvalue weighted by molar-refractivity contribution is 5.95. The van der Waals surface area contributed by atoms with Gasteiger partial charge in [-0.25, -0.2) is 0 Å². The van der Waals surface area contributed by atoms with Crippen molar-refractivity contribution in [3.05, 3.63) is 250 Å². The summed E-state index contributed by atoms with van der Waals surface area (Å²) in [7, 11) is 3.47. The molecular weight excluding hydrogens is 705 g/mol. The molecule has 0 fully saturated rings. The quantitative estimate of drug-likeness (QED) is 0.116. The number of methoxy groups -OCH3 is 2. The van der Waals surface area contributed by atoms with Crippen LogP contribution in [0.3, 0.4) is 0 Å². The molecule has 0 N–H and O–H groups in total. The van der Waals surface area contributed by atoms with Crippen molar-refractivity contribution in [1.29, 1.82) is 0 Å². The smallest absolute Gasteiger partial charge is 0.126 e. The van der Waals surface area contributed by atoms with Crippen LogP contribution in [0.25, 0.3) is 58.4 Å². The number of rotatable bonds is 12. The monoisotopic (exact) mass is 748 g/mol. The molecule has 0 heterocycles. The third-order valence-electron chi connectivity index (χ3n) is 10.3. The predicted octanol–water partition coefficient (Wildman–Crippen LogP) is 14.4. The first-order valence-corrected chi connectivity index (χ1v) is 19.6. The fourth-order valence-corrected chi connectivity index (χ4v) is 7.29. The molecule has 0 aromatic heterocycles. The lowest BCUT2D eigenvalue weighted by Crippen LogP contribution is -1.92. The largest absolute Gasteiger partial charge is 0.496 e. The molecule has 0 aliphatic carbocycles. The number of hydrogen-bond donors (Lipinski definition) is 0. The predicted molar refractivity (Wildman–Crippen MR) is 248 cm³/mol. The van der Waals surface area contributed by atoms with E-state index < -0.39 is 0 Å². The SMILES string of the molecule is COc1cc(/C=C/c2cc3ccccc3cc2/C=C/c2ccc(C=C(c3ccccc3)c3ccccc3)c(OC)c2)ccc1C=C(c1ccccc1)c1ccccc1. The summed E-state index contributed by atoms with van der Waals surface area (Å²) < 4.78 is 11.9. The summed E-state index contributed by atoms with van der Waals surface area (Å²) in [4.78, 5) is 0. The Kier molecular flexibility index (Phi) is 11.7. The maximum Gasteiger partial charge on any atom is 0.126 e. The van der Waals surface area contributed by atoms with Crippen LogP contribution in [0.4, 0.5) is 0 Å². The Labute approximate surface area is 342 Å². The lowest BCUT2D eigenvalue weighted by atomic mass is 9.95. The van der Waals surface area contributed by atoms with E-state index in [1.54, 1.807) is 14.2 Å². The molecule has 0 unspecified atom stereocenters. The van der Waals surface area contributed by atoms with Crippen molar-refractivity contribution in [2.45, 2.75) is 0 Å². The standard InChI is InChI=1S/C56H44O2/c1-57-55-35-41(29-33-51(55)39-53(43-17-7-3-8-18-43)44-19-9-4-10-20-44)27-31-49-37-47-25-15-16-26-48(47)38-50(49)32-28-42-30-34-52(56(36-42)58-2)40-54(45-21-11-5-12-22-45)46-23-13-6-14-24-46/h3-40H,1-2H3/b31-27+,32-28+. The van der Waals surface area contributed by atoms with Crippen LogP contribution in [0.5, 0.6) is 11.5 Å². The average molecular weight is 749 g/mol. The zero-order chi connectivity index (χ0) is 39.5. The van der Waals surface area contributed by atoms with E-state index >= 15 is 0 Å². The van der Waals surface area contributed by atoms with Crippen LogP contribution >= 0.6 is 0 Å². The fraction of sp³-hybridized carbons (Fsp3) is 0.0357. The zero-order valence-electron chi connectivity index (χ0n) is 32.8. The van der Waals surface area contributed by atoms with Crippen molar-refractivity contribution in [3.63, 3.8) is 0 Å². The molecule has 8 rings (SSSR count). The summed E-state index contributed by atoms with van der Waals surface area (Å²) in [5.41, 5.74) is 13.3. The summed E-state index contributed by atoms with van der Waals surface area (Å²) in [6.07, 6.45) is 13.1. The Morgan fingerprint density at radius 2 is 0.655 bits per heavy atom. The van der Waals surface area contributed by atoms with Crippen LogP contribution in [0.1, 0.15) is 55.6 Å². The van der Waals surface area contributed by atoms with E-state index in [0.29, 0.717) is 0 Å². The first kappa shape index (κ1) is 37.5. The van der Waals surface area contributed by atoms with E-state index in [-0.39, 0.29) is 0 Å². The summed E-state index contributed by atoms with van der Waals surface area (Å²) >= 11 is 0. The van der Waals surface area contributed by atoms with E-state index in [2.05, 4.69) is 206 Å². The second kappa shape index (κ2) is 18.0. The molecule has 0 saturated heterocycles. The van der Waals surface area contributed by atoms with Gasteiger partial charge in [0.05, 0.1) is 14.2 Å². The number of hydrogen-bond acceptors (Lipinski definition) is 2. The Morgan fingerprint density at radius 1 is 0.328 bits per heavy atom. The highest BCUT2D eigenvalue weighted by Crippen LogP contribution is 2.33. The van der Waals surface area contributed by atoms with Crippen LogP contribution in [0, 0.1) is 0 Å². The molecule has 0 aliphatic rings. The zero-order valence-corrected chi connectivity index (χ0v) is 32.8. The third-order valence-corrected chi connectivity index (χ3v) is 10.3. The molecule has 0 amide bonds. The summed E-state index contributed by atoms with van der Waals surface area (Å²) in [6.45, 7) is 0. The van der Waals surface area contributed by atoms with E-state index in [4.69, 9.17) is 9.47 Å². The van der Waals surface area contributed by atoms with E-state index in [1.807, 2.05) is 24.3 Å². The van der Waals surface area contributed by atoms with Crippen molar-refractivity contribution in [1.82, 2.24) is 0 Å². The summed E-state index contributed by atoms with van der Waals surface area (Å²) in [5, 5.41) is 2.38. The van der Waals surface area contributed by atoms with E-state index in [1.165, 1.54) is 10.8 Å². The minimum atomic E-state index is 0.817. The molecule has 8 aromatic rings. The van der Waals surface area contributed by atoms with Gasteiger partial charge in [0.2, 0.25) is 0 Å². The fourth-order valence-electron chi connectivity index (χ4n) is 7.29. The van der Waals surface area contributed by atoms with Crippen molar-refractivity contribution in [2.24, 2.45) is 0 Å². The van der Waals surface area contributed by atoms with Crippen LogP contribution in [-0.2, 0) is 0 Å². The molecule has 8 aromatic carbocycles. The molecule has 0 saturated carbocycles. The molecule has 0 atom stereocenters. The Morgan fingerprint density at radius 3 is 0.983 bits per heavy atom. The molecule has 2 heteroatoms. The molecule has 0 radical (unpaired) electrons. The van der Waals surface area contributed by atoms with Gasteiger partial charge >= 0.3 is 0 Å². The van der Waals surface area contributed by atoms with Gasteiger partial charge in [-0.05, 0) is 103 Å². The van der Waals surface area contributed by atoms with Crippen LogP contribution in [0.15, 0.2) is 194 Å². The van der Waals surface area contributed by atoms with Crippen molar-refractivity contribution >= 4 is 58.4 Å². The van der Waals surface area contributed by atoms with Gasteiger partial charge in [-0.15, -0.1) is 0 Å². The van der Waals surface area contributed by atoms with Gasteiger partial charge in [0, 0.05) is 11.1 Å². The lowest BCUT2D eigenvalue weighted by molar-refractivity contribution is 0.413. The normalized spacial score (nSPS) is 11.1. The maximum atomic E-state index is 5.97. The topological polar surface area (TPSA) is 18.5 Å². The minimum Gasteiger partial charge on any atom is -0.496 e. The minimum absolute atomic E-state index is 0.817. The summed E-state index contributed by atoms with van der Waals surface area (Å²) in [5.74, 6) is 1.63. The number of benzene rings is 8. The number of ether oxygens (including phenoxy) is 2. The maximum absolute atomic E-state index is 5.97. The van der Waals surface area contributed by atoms with Crippen LogP contribution in [0.2, 0.25) is 0 Å². The van der Waals surface area contributed by atoms with Gasteiger partial charge in [-0.2, -0.15) is 0 Å². The first-order valence-electron chi connectivity index (χ1n) is 19.6. The van der Waals surface area contributed by atoms with E-state index in [0.717, 1.165) is 78.3 Å². The van der Waals surface area contributed by atoms with Crippen molar-refractivity contribution < 1.29 is 9.47 Å².